The van der Waals surface area contributed by atoms with Crippen molar-refractivity contribution in [3.05, 3.63) is 66.0 Å². The predicted octanol–water partition coefficient (Wildman–Crippen LogP) is 5.38. The molecule has 3 heterocycles. The maximum absolute atomic E-state index is 13.8. The van der Waals surface area contributed by atoms with Crippen LogP contribution in [0.1, 0.15) is 49.7 Å². The highest BCUT2D eigenvalue weighted by Gasteiger charge is 2.28. The number of aromatic nitrogens is 2. The first-order valence-electron chi connectivity index (χ1n) is 12.9. The number of ether oxygens (including phenoxy) is 1. The molecular formula is C29H34N3O2S3+. The van der Waals surface area contributed by atoms with Crippen LogP contribution in [0.2, 0.25) is 0 Å². The van der Waals surface area contributed by atoms with Crippen LogP contribution in [0, 0.1) is 13.8 Å². The van der Waals surface area contributed by atoms with Gasteiger partial charge in [0.1, 0.15) is 31.2 Å². The number of aryl methyl sites for hydroxylation is 3. The lowest BCUT2D eigenvalue weighted by Crippen LogP contribution is -2.36. The zero-order valence-corrected chi connectivity index (χ0v) is 24.8. The lowest BCUT2D eigenvalue weighted by atomic mass is 10.1. The Morgan fingerprint density at radius 2 is 1.84 bits per heavy atom. The number of hydrogen-bond acceptors (Lipinski definition) is 6. The fourth-order valence-corrected chi connectivity index (χ4v) is 8.52. The molecule has 5 rings (SSSR count). The number of anilines is 1. The number of thioether (sulfide) groups is 1. The Bertz CT molecular complexity index is 1660. The molecule has 0 bridgehead atoms. The SMILES string of the molecule is CCCCN1/C(=c2/sc(=Cc3sc4cc(C)c(C)cc4[n+]3CC)n(CC)c2=O)Sc2ccc(OC)cc21. The van der Waals surface area contributed by atoms with Gasteiger partial charge in [0, 0.05) is 30.1 Å². The van der Waals surface area contributed by atoms with Crippen molar-refractivity contribution in [2.24, 2.45) is 0 Å². The van der Waals surface area contributed by atoms with Crippen molar-refractivity contribution in [1.82, 2.24) is 4.57 Å². The number of hydrogen-bond donors (Lipinski definition) is 0. The second kappa shape index (κ2) is 10.7. The second-order valence-corrected chi connectivity index (χ2v) is 12.4. The van der Waals surface area contributed by atoms with Crippen molar-refractivity contribution in [3.8, 4) is 5.75 Å². The van der Waals surface area contributed by atoms with Gasteiger partial charge in [-0.2, -0.15) is 4.57 Å². The first-order chi connectivity index (χ1) is 17.9. The molecule has 0 amide bonds. The van der Waals surface area contributed by atoms with E-state index < -0.39 is 0 Å². The number of unbranched alkanes of at least 4 members (excludes halogenated alkanes) is 1. The van der Waals surface area contributed by atoms with E-state index in [4.69, 9.17) is 4.74 Å². The first-order valence-corrected chi connectivity index (χ1v) is 15.4. The first kappa shape index (κ1) is 26.1. The van der Waals surface area contributed by atoms with Crippen molar-refractivity contribution in [2.45, 2.75) is 65.4 Å². The molecule has 37 heavy (non-hydrogen) atoms. The monoisotopic (exact) mass is 552 g/mol. The van der Waals surface area contributed by atoms with E-state index in [-0.39, 0.29) is 5.56 Å². The van der Waals surface area contributed by atoms with Crippen LogP contribution in [0.4, 0.5) is 5.69 Å². The van der Waals surface area contributed by atoms with Gasteiger partial charge in [0.05, 0.1) is 18.9 Å². The number of thiazole rings is 2. The molecule has 0 aliphatic carbocycles. The molecule has 0 N–H and O–H groups in total. The summed E-state index contributed by atoms with van der Waals surface area (Å²) in [5.74, 6) is 0.840. The minimum atomic E-state index is 0.0957. The van der Waals surface area contributed by atoms with Crippen LogP contribution in [-0.2, 0) is 13.1 Å². The van der Waals surface area contributed by atoms with Gasteiger partial charge < -0.3 is 9.64 Å². The van der Waals surface area contributed by atoms with Gasteiger partial charge in [-0.3, -0.25) is 9.36 Å². The molecule has 2 aromatic heterocycles. The highest BCUT2D eigenvalue weighted by Crippen LogP contribution is 2.47. The average molecular weight is 553 g/mol. The van der Waals surface area contributed by atoms with E-state index in [1.165, 1.54) is 31.2 Å². The molecule has 1 aliphatic rings. The van der Waals surface area contributed by atoms with Crippen LogP contribution >= 0.6 is 34.4 Å². The van der Waals surface area contributed by atoms with Gasteiger partial charge in [-0.15, -0.1) is 11.3 Å². The van der Waals surface area contributed by atoms with E-state index in [0.717, 1.165) is 51.6 Å². The zero-order chi connectivity index (χ0) is 26.3. The third kappa shape index (κ3) is 4.64. The summed E-state index contributed by atoms with van der Waals surface area (Å²) in [6.07, 6.45) is 4.37. The average Bonchev–Trinajstić information content (AvgIpc) is 3.52. The van der Waals surface area contributed by atoms with Crippen molar-refractivity contribution in [2.75, 3.05) is 18.6 Å². The van der Waals surface area contributed by atoms with Crippen molar-refractivity contribution in [1.29, 1.82) is 0 Å². The predicted molar refractivity (Wildman–Crippen MR) is 159 cm³/mol. The number of methoxy groups -OCH3 is 1. The number of nitrogens with zero attached hydrogens (tertiary/aromatic N) is 3. The summed E-state index contributed by atoms with van der Waals surface area (Å²) in [6.45, 7) is 13.2. The van der Waals surface area contributed by atoms with Gasteiger partial charge in [0.2, 0.25) is 5.52 Å². The van der Waals surface area contributed by atoms with Crippen LogP contribution in [-0.4, -0.2) is 18.2 Å². The smallest absolute Gasteiger partial charge is 0.271 e. The van der Waals surface area contributed by atoms with E-state index >= 15 is 0 Å². The van der Waals surface area contributed by atoms with Gasteiger partial charge in [0.15, 0.2) is 0 Å². The van der Waals surface area contributed by atoms with Crippen molar-refractivity contribution in [3.63, 3.8) is 0 Å². The van der Waals surface area contributed by atoms with E-state index in [1.54, 1.807) is 41.5 Å². The van der Waals surface area contributed by atoms with Gasteiger partial charge in [-0.25, -0.2) is 0 Å². The molecule has 0 radical (unpaired) electrons. The normalized spacial score (nSPS) is 15.2. The summed E-state index contributed by atoms with van der Waals surface area (Å²) in [6, 6.07) is 10.8. The maximum atomic E-state index is 13.8. The second-order valence-electron chi connectivity index (χ2n) is 9.30. The van der Waals surface area contributed by atoms with Crippen LogP contribution in [0.3, 0.4) is 0 Å². The number of rotatable bonds is 7. The zero-order valence-electron chi connectivity index (χ0n) is 22.4. The highest BCUT2D eigenvalue weighted by molar-refractivity contribution is 8.08. The molecule has 0 spiro atoms. The van der Waals surface area contributed by atoms with Gasteiger partial charge in [-0.05, 0) is 63.4 Å². The quantitative estimate of drug-likeness (QED) is 0.289. The molecule has 4 aromatic rings. The summed E-state index contributed by atoms with van der Waals surface area (Å²) in [4.78, 5) is 17.3. The summed E-state index contributed by atoms with van der Waals surface area (Å²) >= 11 is 5.12. The van der Waals surface area contributed by atoms with E-state index in [1.807, 2.05) is 10.6 Å². The van der Waals surface area contributed by atoms with Crippen LogP contribution < -0.4 is 29.0 Å². The molecule has 5 nitrogen and oxygen atoms in total. The molecule has 1 aliphatic heterocycles. The van der Waals surface area contributed by atoms with Gasteiger partial charge in [0.25, 0.3) is 10.6 Å². The standard InChI is InChI=1S/C29H34N3O2S3/c1-7-10-13-32-22-16-20(34-6)11-12-23(22)36-29(32)27-28(33)31(9-3)26(37-27)17-25-30(8-2)21-14-18(4)19(5)15-24(21)35-25/h11-12,14-17H,7-10,13H2,1-6H3/q+1/b29-27-. The maximum Gasteiger partial charge on any atom is 0.271 e. The largest absolute Gasteiger partial charge is 0.497 e. The number of fused-ring (bicyclic) bond motifs is 2. The third-order valence-corrected chi connectivity index (χ3v) is 10.5. The molecular weight excluding hydrogens is 519 g/mol. The Labute approximate surface area is 230 Å². The minimum Gasteiger partial charge on any atom is -0.497 e. The summed E-state index contributed by atoms with van der Waals surface area (Å²) < 4.78 is 12.9. The Hall–Kier alpha value is -2.55. The lowest BCUT2D eigenvalue weighted by Gasteiger charge is -2.20. The fourth-order valence-electron chi connectivity index (χ4n) is 4.76. The Balaban J connectivity index is 1.72. The third-order valence-electron chi connectivity index (χ3n) is 6.98. The van der Waals surface area contributed by atoms with Gasteiger partial charge in [-0.1, -0.05) is 36.4 Å². The minimum absolute atomic E-state index is 0.0957. The molecule has 0 fully saturated rings. The molecule has 0 unspecified atom stereocenters. The molecule has 0 saturated heterocycles. The summed E-state index contributed by atoms with van der Waals surface area (Å²) in [5.41, 5.74) is 5.11. The van der Waals surface area contributed by atoms with E-state index in [0.29, 0.717) is 6.54 Å². The lowest BCUT2D eigenvalue weighted by molar-refractivity contribution is -0.665. The summed E-state index contributed by atoms with van der Waals surface area (Å²) in [7, 11) is 1.70. The van der Waals surface area contributed by atoms with E-state index in [2.05, 4.69) is 74.4 Å². The highest BCUT2D eigenvalue weighted by atomic mass is 32.2. The van der Waals surface area contributed by atoms with Crippen LogP contribution in [0.5, 0.6) is 5.75 Å². The molecule has 194 valence electrons. The fraction of sp³-hybridized carbons (Fsp3) is 0.379. The van der Waals surface area contributed by atoms with Crippen molar-refractivity contribution < 1.29 is 9.30 Å². The topological polar surface area (TPSA) is 38.4 Å². The molecule has 0 saturated carbocycles. The molecule has 2 aromatic carbocycles. The van der Waals surface area contributed by atoms with E-state index in [9.17, 15) is 4.79 Å². The van der Waals surface area contributed by atoms with Crippen LogP contribution in [0.15, 0.2) is 40.0 Å². The Kier molecular flexibility index (Phi) is 7.52. The van der Waals surface area contributed by atoms with Crippen molar-refractivity contribution >= 4 is 61.4 Å². The Morgan fingerprint density at radius 3 is 2.54 bits per heavy atom. The summed E-state index contributed by atoms with van der Waals surface area (Å²) in [5, 5.41) is 2.22. The number of benzene rings is 2. The molecule has 8 heteroatoms. The Morgan fingerprint density at radius 1 is 1.05 bits per heavy atom. The van der Waals surface area contributed by atoms with Gasteiger partial charge >= 0.3 is 0 Å². The molecule has 0 atom stereocenters. The van der Waals surface area contributed by atoms with Crippen LogP contribution in [0.25, 0.3) is 21.3 Å².